The van der Waals surface area contributed by atoms with Crippen LogP contribution < -0.4 is 20.7 Å². The van der Waals surface area contributed by atoms with Crippen LogP contribution >= 0.6 is 0 Å². The van der Waals surface area contributed by atoms with E-state index in [4.69, 9.17) is 19.4 Å². The number of para-hydroxylation sites is 1. The molecule has 0 N–H and O–H groups in total. The van der Waals surface area contributed by atoms with Crippen LogP contribution in [0.3, 0.4) is 0 Å². The van der Waals surface area contributed by atoms with E-state index in [1.807, 2.05) is 18.2 Å². The topological polar surface area (TPSA) is 69.6 Å². The van der Waals surface area contributed by atoms with Crippen LogP contribution in [0, 0.1) is 0 Å². The summed E-state index contributed by atoms with van der Waals surface area (Å²) >= 11 is 0. The molecule has 12 rings (SSSR count). The van der Waals surface area contributed by atoms with Gasteiger partial charge in [-0.1, -0.05) is 188 Å². The highest BCUT2D eigenvalue weighted by atomic mass is 28.3. The molecule has 0 aliphatic rings. The second-order valence-corrected chi connectivity index (χ2v) is 19.6. The first-order chi connectivity index (χ1) is 31.3. The smallest absolute Gasteiger partial charge is 0.238 e. The fraction of sp³-hybridized carbons (Fsp3) is 0. The van der Waals surface area contributed by atoms with E-state index in [0.717, 1.165) is 60.4 Å². The lowest BCUT2D eigenvalue weighted by Crippen LogP contribution is -2.74. The van der Waals surface area contributed by atoms with Crippen molar-refractivity contribution in [2.45, 2.75) is 0 Å². The van der Waals surface area contributed by atoms with Gasteiger partial charge in [-0.05, 0) is 56.1 Å². The number of rotatable bonds is 8. The summed E-state index contributed by atoms with van der Waals surface area (Å²) < 4.78 is 8.55. The molecule has 0 amide bonds. The molecule has 0 bridgehead atoms. The van der Waals surface area contributed by atoms with E-state index in [9.17, 15) is 0 Å². The molecule has 4 heterocycles. The third kappa shape index (κ3) is 5.93. The maximum atomic E-state index is 6.35. The quantitative estimate of drug-likeness (QED) is 0.113. The summed E-state index contributed by atoms with van der Waals surface area (Å²) in [5.41, 5.74) is 7.53. The lowest BCUT2D eigenvalue weighted by atomic mass is 9.99. The molecular formula is C56H37N5OSi. The van der Waals surface area contributed by atoms with E-state index in [-0.39, 0.29) is 0 Å². The first-order valence-electron chi connectivity index (χ1n) is 21.1. The van der Waals surface area contributed by atoms with Crippen LogP contribution in [0.25, 0.3) is 83.6 Å². The lowest BCUT2D eigenvalue weighted by Gasteiger charge is -2.34. The molecule has 4 aromatic heterocycles. The van der Waals surface area contributed by atoms with Gasteiger partial charge in [0.15, 0.2) is 25.3 Å². The molecule has 7 heteroatoms. The van der Waals surface area contributed by atoms with E-state index in [1.54, 1.807) is 12.4 Å². The minimum Gasteiger partial charge on any atom is -0.454 e. The number of benzene rings is 8. The first-order valence-corrected chi connectivity index (χ1v) is 23.1. The van der Waals surface area contributed by atoms with Crippen LogP contribution in [0.4, 0.5) is 0 Å². The van der Waals surface area contributed by atoms with Crippen LogP contribution in [-0.4, -0.2) is 32.6 Å². The van der Waals surface area contributed by atoms with Crippen LogP contribution in [0.15, 0.2) is 229 Å². The molecule has 296 valence electrons. The predicted octanol–water partition coefficient (Wildman–Crippen LogP) is 10.6. The zero-order valence-electron chi connectivity index (χ0n) is 34.0. The second-order valence-electron chi connectivity index (χ2n) is 15.8. The highest BCUT2D eigenvalue weighted by molar-refractivity contribution is 7.19. The number of furan rings is 1. The van der Waals surface area contributed by atoms with Gasteiger partial charge in [0, 0.05) is 38.9 Å². The second kappa shape index (κ2) is 15.0. The number of aromatic nitrogens is 5. The van der Waals surface area contributed by atoms with E-state index in [2.05, 4.69) is 204 Å². The molecular weight excluding hydrogens is 787 g/mol. The van der Waals surface area contributed by atoms with Crippen LogP contribution in [0.1, 0.15) is 0 Å². The fourth-order valence-corrected chi connectivity index (χ4v) is 14.4. The Morgan fingerprint density at radius 2 is 0.968 bits per heavy atom. The highest BCUT2D eigenvalue weighted by Gasteiger charge is 2.41. The first kappa shape index (κ1) is 36.6. The van der Waals surface area contributed by atoms with Gasteiger partial charge < -0.3 is 4.42 Å². The third-order valence-electron chi connectivity index (χ3n) is 12.3. The standard InChI is InChI=1S/C56H37N5OSi/c1-5-18-38(19-6-1)44-29-16-32-49-52(44)45-28-13-14-31-48(45)61(49)56-59-54(58-55(60-56)47-30-17-33-50-53(47)46-34-35-57-37-51(46)62-50)39-20-15-27-43(36-39)63(40-21-7-2-8-22-40,41-23-9-3-10-24-41)42-25-11-4-12-26-42/h1-37H. The molecule has 8 aromatic carbocycles. The Morgan fingerprint density at radius 3 is 1.70 bits per heavy atom. The van der Waals surface area contributed by atoms with Crippen molar-refractivity contribution >= 4 is 72.6 Å². The molecule has 0 spiro atoms. The van der Waals surface area contributed by atoms with Gasteiger partial charge in [0.2, 0.25) is 5.95 Å². The highest BCUT2D eigenvalue weighted by Crippen LogP contribution is 2.40. The molecule has 0 fully saturated rings. The Morgan fingerprint density at radius 1 is 0.397 bits per heavy atom. The Kier molecular flexibility index (Phi) is 8.72. The zero-order valence-corrected chi connectivity index (χ0v) is 35.0. The van der Waals surface area contributed by atoms with E-state index in [1.165, 1.54) is 20.7 Å². The number of hydrogen-bond donors (Lipinski definition) is 0. The van der Waals surface area contributed by atoms with E-state index in [0.29, 0.717) is 23.2 Å². The summed E-state index contributed by atoms with van der Waals surface area (Å²) in [5, 5.41) is 9.27. The molecule has 0 aliphatic heterocycles. The minimum absolute atomic E-state index is 0.529. The van der Waals surface area contributed by atoms with Crippen molar-refractivity contribution in [1.82, 2.24) is 24.5 Å². The molecule has 63 heavy (non-hydrogen) atoms. The Labute approximate surface area is 364 Å². The van der Waals surface area contributed by atoms with Crippen molar-refractivity contribution in [1.29, 1.82) is 0 Å². The Bertz CT molecular complexity index is 3530. The summed E-state index contributed by atoms with van der Waals surface area (Å²) in [6.07, 6.45) is 3.56. The van der Waals surface area contributed by atoms with Gasteiger partial charge in [-0.2, -0.15) is 9.97 Å². The van der Waals surface area contributed by atoms with Gasteiger partial charge in [-0.15, -0.1) is 0 Å². The SMILES string of the molecule is c1ccc(-c2cccc3c2c2ccccc2n3-c2nc(-c3cccc([Si](c4ccccc4)(c4ccccc4)c4ccccc4)c3)nc(-c3cccc4oc5cnccc5c34)n2)cc1. The number of fused-ring (bicyclic) bond motifs is 6. The molecule has 0 saturated heterocycles. The monoisotopic (exact) mass is 823 g/mol. The summed E-state index contributed by atoms with van der Waals surface area (Å²) in [6.45, 7) is 0. The molecule has 0 unspecified atom stereocenters. The van der Waals surface area contributed by atoms with E-state index >= 15 is 0 Å². The van der Waals surface area contributed by atoms with Crippen molar-refractivity contribution in [3.63, 3.8) is 0 Å². The summed E-state index contributed by atoms with van der Waals surface area (Å²) in [6, 6.07) is 75.5. The number of nitrogens with zero attached hydrogens (tertiary/aromatic N) is 5. The van der Waals surface area contributed by atoms with Crippen molar-refractivity contribution in [3.05, 3.63) is 225 Å². The third-order valence-corrected chi connectivity index (χ3v) is 17.1. The minimum atomic E-state index is -2.87. The van der Waals surface area contributed by atoms with Crippen LogP contribution in [0.5, 0.6) is 0 Å². The van der Waals surface area contributed by atoms with Crippen molar-refractivity contribution in [2.75, 3.05) is 0 Å². The number of pyridine rings is 1. The van der Waals surface area contributed by atoms with Gasteiger partial charge in [-0.25, -0.2) is 4.98 Å². The summed E-state index contributed by atoms with van der Waals surface area (Å²) in [4.78, 5) is 20.7. The van der Waals surface area contributed by atoms with Crippen molar-refractivity contribution in [2.24, 2.45) is 0 Å². The Balaban J connectivity index is 1.16. The lowest BCUT2D eigenvalue weighted by molar-refractivity contribution is 0.667. The molecule has 12 aromatic rings. The average Bonchev–Trinajstić information content (AvgIpc) is 3.92. The molecule has 0 atom stereocenters. The predicted molar refractivity (Wildman–Crippen MR) is 259 cm³/mol. The molecule has 0 aliphatic carbocycles. The van der Waals surface area contributed by atoms with Gasteiger partial charge in [0.1, 0.15) is 5.58 Å². The van der Waals surface area contributed by atoms with Crippen LogP contribution in [-0.2, 0) is 0 Å². The molecule has 0 saturated carbocycles. The van der Waals surface area contributed by atoms with Gasteiger partial charge >= 0.3 is 0 Å². The summed E-state index contributed by atoms with van der Waals surface area (Å²) in [7, 11) is -2.87. The summed E-state index contributed by atoms with van der Waals surface area (Å²) in [5.74, 6) is 1.65. The normalized spacial score (nSPS) is 11.8. The molecule has 0 radical (unpaired) electrons. The van der Waals surface area contributed by atoms with Crippen LogP contribution in [0.2, 0.25) is 0 Å². The Hall–Kier alpha value is -8.26. The maximum Gasteiger partial charge on any atom is 0.238 e. The number of hydrogen-bond acceptors (Lipinski definition) is 5. The van der Waals surface area contributed by atoms with Crippen molar-refractivity contribution in [3.8, 4) is 39.9 Å². The van der Waals surface area contributed by atoms with E-state index < -0.39 is 8.07 Å². The van der Waals surface area contributed by atoms with Gasteiger partial charge in [0.25, 0.3) is 0 Å². The maximum absolute atomic E-state index is 6.35. The van der Waals surface area contributed by atoms with Crippen molar-refractivity contribution < 1.29 is 4.42 Å². The fourth-order valence-electron chi connectivity index (χ4n) is 9.63. The zero-order chi connectivity index (χ0) is 41.7. The average molecular weight is 824 g/mol. The van der Waals surface area contributed by atoms with Gasteiger partial charge in [0.05, 0.1) is 17.2 Å². The van der Waals surface area contributed by atoms with Gasteiger partial charge in [-0.3, -0.25) is 9.55 Å². The largest absolute Gasteiger partial charge is 0.454 e. The molecule has 6 nitrogen and oxygen atoms in total.